The smallest absolute Gasteiger partial charge is 0.272 e. The van der Waals surface area contributed by atoms with Crippen molar-refractivity contribution in [2.75, 3.05) is 19.6 Å². The molecular formula is C18H28ClN5O2. The number of hydrogen-bond donors (Lipinski definition) is 3. The van der Waals surface area contributed by atoms with Crippen molar-refractivity contribution in [3.8, 4) is 0 Å². The average Bonchev–Trinajstić information content (AvgIpc) is 3.28. The van der Waals surface area contributed by atoms with E-state index in [0.29, 0.717) is 18.8 Å². The molecule has 1 aromatic heterocycles. The molecule has 1 atom stereocenters. The quantitative estimate of drug-likeness (QED) is 0.738. The zero-order chi connectivity index (χ0) is 17.2. The lowest BCUT2D eigenvalue weighted by atomic mass is 9.88. The molecule has 0 bridgehead atoms. The van der Waals surface area contributed by atoms with Gasteiger partial charge in [0.05, 0.1) is 0 Å². The number of carbonyl (C=O) groups is 2. The molecule has 1 saturated carbocycles. The van der Waals surface area contributed by atoms with E-state index in [1.54, 1.807) is 0 Å². The second-order valence-electron chi connectivity index (χ2n) is 7.53. The van der Waals surface area contributed by atoms with Crippen molar-refractivity contribution in [3.63, 3.8) is 0 Å². The molecule has 4 rings (SSSR count). The van der Waals surface area contributed by atoms with E-state index in [4.69, 9.17) is 0 Å². The fourth-order valence-electron chi connectivity index (χ4n) is 4.35. The van der Waals surface area contributed by atoms with Gasteiger partial charge in [0.15, 0.2) is 5.69 Å². The summed E-state index contributed by atoms with van der Waals surface area (Å²) in [5.74, 6) is 0.364. The summed E-state index contributed by atoms with van der Waals surface area (Å²) in [5.41, 5.74) is 2.54. The van der Waals surface area contributed by atoms with Crippen LogP contribution in [0.3, 0.4) is 0 Å². The number of carbonyl (C=O) groups excluding carboxylic acids is 2. The maximum atomic E-state index is 12.6. The van der Waals surface area contributed by atoms with Crippen LogP contribution in [0.2, 0.25) is 0 Å². The summed E-state index contributed by atoms with van der Waals surface area (Å²) in [6.45, 7) is 2.98. The highest BCUT2D eigenvalue weighted by Gasteiger charge is 2.33. The Bertz CT molecular complexity index is 656. The molecule has 3 heterocycles. The summed E-state index contributed by atoms with van der Waals surface area (Å²) < 4.78 is 0. The number of aromatic amines is 1. The van der Waals surface area contributed by atoms with Crippen LogP contribution in [0.5, 0.6) is 0 Å². The van der Waals surface area contributed by atoms with Gasteiger partial charge in [-0.2, -0.15) is 5.10 Å². The van der Waals surface area contributed by atoms with E-state index >= 15 is 0 Å². The lowest BCUT2D eigenvalue weighted by Gasteiger charge is -2.26. The van der Waals surface area contributed by atoms with Gasteiger partial charge in [-0.1, -0.05) is 19.3 Å². The van der Waals surface area contributed by atoms with E-state index in [-0.39, 0.29) is 36.2 Å². The third-order valence-corrected chi connectivity index (χ3v) is 5.81. The fourth-order valence-corrected chi connectivity index (χ4v) is 4.35. The molecule has 2 fully saturated rings. The molecule has 7 nitrogen and oxygen atoms in total. The number of aromatic nitrogens is 2. The Morgan fingerprint density at radius 3 is 2.77 bits per heavy atom. The first-order valence-corrected chi connectivity index (χ1v) is 9.59. The first kappa shape index (κ1) is 19.2. The van der Waals surface area contributed by atoms with Gasteiger partial charge in [0.25, 0.3) is 5.91 Å². The topological polar surface area (TPSA) is 90.1 Å². The first-order valence-electron chi connectivity index (χ1n) is 9.59. The molecule has 0 radical (unpaired) electrons. The van der Waals surface area contributed by atoms with Gasteiger partial charge in [-0.05, 0) is 19.3 Å². The molecule has 1 aromatic rings. The minimum atomic E-state index is -0.127. The SMILES string of the molecule is Cl.O=C(NC1CCN(C(=O)C2CCCCC2)C1)c1n[nH]c2c1CNCC2. The van der Waals surface area contributed by atoms with E-state index in [2.05, 4.69) is 20.8 Å². The van der Waals surface area contributed by atoms with Crippen molar-refractivity contribution in [1.82, 2.24) is 25.7 Å². The molecule has 8 heteroatoms. The molecule has 0 aromatic carbocycles. The number of nitrogens with one attached hydrogen (secondary N) is 3. The predicted molar refractivity (Wildman–Crippen MR) is 100 cm³/mol. The zero-order valence-corrected chi connectivity index (χ0v) is 15.9. The van der Waals surface area contributed by atoms with Crippen LogP contribution in [0.4, 0.5) is 0 Å². The van der Waals surface area contributed by atoms with E-state index in [1.807, 2.05) is 4.90 Å². The summed E-state index contributed by atoms with van der Waals surface area (Å²) in [5, 5.41) is 13.6. The van der Waals surface area contributed by atoms with Gasteiger partial charge < -0.3 is 15.5 Å². The summed E-state index contributed by atoms with van der Waals surface area (Å²) in [6, 6.07) is 0.0314. The van der Waals surface area contributed by atoms with Crippen LogP contribution in [-0.2, 0) is 17.8 Å². The number of fused-ring (bicyclic) bond motifs is 1. The number of halogens is 1. The van der Waals surface area contributed by atoms with Crippen LogP contribution in [-0.4, -0.2) is 52.6 Å². The Morgan fingerprint density at radius 1 is 1.15 bits per heavy atom. The highest BCUT2D eigenvalue weighted by Crippen LogP contribution is 2.27. The number of likely N-dealkylation sites (tertiary alicyclic amines) is 1. The Labute approximate surface area is 160 Å². The van der Waals surface area contributed by atoms with E-state index in [9.17, 15) is 9.59 Å². The third kappa shape index (κ3) is 3.88. The van der Waals surface area contributed by atoms with Crippen molar-refractivity contribution in [2.45, 2.75) is 57.5 Å². The Hall–Kier alpha value is -1.60. The minimum Gasteiger partial charge on any atom is -0.346 e. The highest BCUT2D eigenvalue weighted by molar-refractivity contribution is 5.94. The van der Waals surface area contributed by atoms with Gasteiger partial charge in [0.1, 0.15) is 0 Å². The van der Waals surface area contributed by atoms with Crippen molar-refractivity contribution in [2.24, 2.45) is 5.92 Å². The summed E-state index contributed by atoms with van der Waals surface area (Å²) in [7, 11) is 0. The summed E-state index contributed by atoms with van der Waals surface area (Å²) >= 11 is 0. The monoisotopic (exact) mass is 381 g/mol. The van der Waals surface area contributed by atoms with Gasteiger partial charge in [-0.3, -0.25) is 14.7 Å². The molecule has 26 heavy (non-hydrogen) atoms. The van der Waals surface area contributed by atoms with Gasteiger partial charge in [-0.25, -0.2) is 0 Å². The second-order valence-corrected chi connectivity index (χ2v) is 7.53. The summed E-state index contributed by atoms with van der Waals surface area (Å²) in [4.78, 5) is 27.2. The van der Waals surface area contributed by atoms with E-state index < -0.39 is 0 Å². The van der Waals surface area contributed by atoms with Gasteiger partial charge in [0, 0.05) is 55.8 Å². The maximum absolute atomic E-state index is 12.6. The van der Waals surface area contributed by atoms with Crippen LogP contribution in [0.25, 0.3) is 0 Å². The van der Waals surface area contributed by atoms with E-state index in [1.165, 1.54) is 19.3 Å². The molecule has 1 saturated heterocycles. The van der Waals surface area contributed by atoms with Crippen molar-refractivity contribution in [1.29, 1.82) is 0 Å². The third-order valence-electron chi connectivity index (χ3n) is 5.81. The van der Waals surface area contributed by atoms with Crippen molar-refractivity contribution < 1.29 is 9.59 Å². The first-order chi connectivity index (χ1) is 12.2. The van der Waals surface area contributed by atoms with Crippen LogP contribution in [0.15, 0.2) is 0 Å². The summed E-state index contributed by atoms with van der Waals surface area (Å²) in [6.07, 6.45) is 7.35. The molecule has 1 aliphatic carbocycles. The minimum absolute atomic E-state index is 0. The van der Waals surface area contributed by atoms with Crippen molar-refractivity contribution in [3.05, 3.63) is 17.0 Å². The number of rotatable bonds is 3. The molecule has 2 aliphatic heterocycles. The van der Waals surface area contributed by atoms with E-state index in [0.717, 1.165) is 50.0 Å². The van der Waals surface area contributed by atoms with Crippen LogP contribution < -0.4 is 10.6 Å². The Balaban J connectivity index is 0.00000196. The van der Waals surface area contributed by atoms with Gasteiger partial charge in [-0.15, -0.1) is 12.4 Å². The normalized spacial score (nSPS) is 23.2. The number of H-pyrrole nitrogens is 1. The lowest BCUT2D eigenvalue weighted by molar-refractivity contribution is -0.135. The standard InChI is InChI=1S/C18H27N5O2.ClH/c24-17(16-14-10-19-8-6-15(14)21-22-16)20-13-7-9-23(11-13)18(25)12-4-2-1-3-5-12;/h12-13,19H,1-11H2,(H,20,24)(H,21,22);1H. The Morgan fingerprint density at radius 2 is 1.96 bits per heavy atom. The van der Waals surface area contributed by atoms with Crippen LogP contribution in [0.1, 0.15) is 60.3 Å². The molecule has 2 amide bonds. The zero-order valence-electron chi connectivity index (χ0n) is 15.1. The van der Waals surface area contributed by atoms with Crippen molar-refractivity contribution >= 4 is 24.2 Å². The van der Waals surface area contributed by atoms with Crippen LogP contribution >= 0.6 is 12.4 Å². The molecular weight excluding hydrogens is 354 g/mol. The van der Waals surface area contributed by atoms with Gasteiger partial charge >= 0.3 is 0 Å². The molecule has 0 spiro atoms. The molecule has 1 unspecified atom stereocenters. The fraction of sp³-hybridized carbons (Fsp3) is 0.722. The second kappa shape index (κ2) is 8.39. The largest absolute Gasteiger partial charge is 0.346 e. The number of nitrogens with zero attached hydrogens (tertiary/aromatic N) is 2. The average molecular weight is 382 g/mol. The predicted octanol–water partition coefficient (Wildman–Crippen LogP) is 1.39. The molecule has 3 N–H and O–H groups in total. The molecule has 3 aliphatic rings. The van der Waals surface area contributed by atoms with Crippen LogP contribution in [0, 0.1) is 5.92 Å². The maximum Gasteiger partial charge on any atom is 0.272 e. The molecule has 144 valence electrons. The Kier molecular flexibility index (Phi) is 6.19. The van der Waals surface area contributed by atoms with Gasteiger partial charge in [0.2, 0.25) is 5.91 Å². The highest BCUT2D eigenvalue weighted by atomic mass is 35.5. The number of hydrogen-bond acceptors (Lipinski definition) is 4. The number of amides is 2. The lowest BCUT2D eigenvalue weighted by Crippen LogP contribution is -2.41.